The third kappa shape index (κ3) is 4.49. The number of Topliss-reactive ketones (excluding diaryl/α,β-unsaturated/α-hetero) is 1. The molecule has 4 aromatic rings. The number of benzene rings is 2. The van der Waals surface area contributed by atoms with E-state index in [0.717, 1.165) is 16.9 Å². The fourth-order valence-corrected chi connectivity index (χ4v) is 4.03. The molecule has 2 aromatic carbocycles. The number of anilines is 3. The van der Waals surface area contributed by atoms with E-state index in [2.05, 4.69) is 25.9 Å². The summed E-state index contributed by atoms with van der Waals surface area (Å²) in [5, 5.41) is 9.21. The highest BCUT2D eigenvalue weighted by molar-refractivity contribution is 6.08. The highest BCUT2D eigenvalue weighted by Crippen LogP contribution is 2.37. The molecule has 0 spiro atoms. The Kier molecular flexibility index (Phi) is 5.99. The van der Waals surface area contributed by atoms with Gasteiger partial charge in [-0.25, -0.2) is 9.37 Å². The van der Waals surface area contributed by atoms with Crippen LogP contribution < -0.4 is 20.7 Å². The zero-order valence-electron chi connectivity index (χ0n) is 18.8. The molecular formula is C26H22FN5O3. The number of rotatable bonds is 6. The number of hydrogen-bond acceptors (Lipinski definition) is 6. The fourth-order valence-electron chi connectivity index (χ4n) is 4.03. The van der Waals surface area contributed by atoms with E-state index in [4.69, 9.17) is 4.74 Å². The molecule has 0 bridgehead atoms. The van der Waals surface area contributed by atoms with Crippen molar-refractivity contribution in [1.29, 1.82) is 0 Å². The lowest BCUT2D eigenvalue weighted by Gasteiger charge is -2.14. The molecule has 1 aliphatic heterocycles. The molecule has 3 heterocycles. The van der Waals surface area contributed by atoms with Crippen molar-refractivity contribution in [2.24, 2.45) is 0 Å². The summed E-state index contributed by atoms with van der Waals surface area (Å²) in [5.74, 6) is -0.743. The Morgan fingerprint density at radius 3 is 2.71 bits per heavy atom. The summed E-state index contributed by atoms with van der Waals surface area (Å²) in [6, 6.07) is 17.0. The summed E-state index contributed by atoms with van der Waals surface area (Å²) in [4.78, 5) is 33.1. The van der Waals surface area contributed by atoms with Gasteiger partial charge in [-0.2, -0.15) is 0 Å². The van der Waals surface area contributed by atoms with Crippen LogP contribution in [0.5, 0.6) is 5.75 Å². The van der Waals surface area contributed by atoms with E-state index in [-0.39, 0.29) is 23.6 Å². The topological polar surface area (TPSA) is 108 Å². The molecule has 0 fully saturated rings. The molecule has 4 N–H and O–H groups in total. The average Bonchev–Trinajstić information content (AvgIpc) is 3.24. The quantitative estimate of drug-likeness (QED) is 0.330. The number of aromatic nitrogens is 2. The minimum atomic E-state index is -0.553. The Morgan fingerprint density at radius 2 is 1.91 bits per heavy atom. The van der Waals surface area contributed by atoms with Crippen molar-refractivity contribution in [3.8, 4) is 17.0 Å². The number of nitrogens with zero attached hydrogens (tertiary/aromatic N) is 1. The number of fused-ring (bicyclic) bond motifs is 1. The number of H-pyrrole nitrogens is 1. The summed E-state index contributed by atoms with van der Waals surface area (Å²) >= 11 is 0. The predicted molar refractivity (Wildman–Crippen MR) is 131 cm³/mol. The van der Waals surface area contributed by atoms with E-state index in [1.165, 1.54) is 25.3 Å². The Hall–Kier alpha value is -4.50. The van der Waals surface area contributed by atoms with Gasteiger partial charge in [-0.1, -0.05) is 18.2 Å². The molecule has 5 rings (SSSR count). The summed E-state index contributed by atoms with van der Waals surface area (Å²) < 4.78 is 18.7. The zero-order valence-corrected chi connectivity index (χ0v) is 18.8. The highest BCUT2D eigenvalue weighted by atomic mass is 19.1. The lowest BCUT2D eigenvalue weighted by molar-refractivity contribution is 0.0981. The number of methoxy groups -OCH3 is 1. The molecule has 176 valence electrons. The third-order valence-corrected chi connectivity index (χ3v) is 5.69. The summed E-state index contributed by atoms with van der Waals surface area (Å²) in [6.07, 6.45) is 1.57. The molecule has 2 aromatic heterocycles. The second-order valence-electron chi connectivity index (χ2n) is 7.98. The Labute approximate surface area is 200 Å². The maximum Gasteiger partial charge on any atom is 0.256 e. The van der Waals surface area contributed by atoms with Crippen molar-refractivity contribution in [3.05, 3.63) is 89.5 Å². The van der Waals surface area contributed by atoms with Gasteiger partial charge >= 0.3 is 0 Å². The molecule has 0 saturated heterocycles. The molecule has 35 heavy (non-hydrogen) atoms. The standard InChI is InChI=1S/C26H22FN5O3/c1-35-21-11-16(7-8-18(21)27)26(34)32-22-12-15(9-10-29-22)24-25(30-17-5-3-2-4-6-17)23-19(31-24)13-28-14-20(23)33/h2-12,28,30-31H,13-14H2,1H3,(H,29,32,34). The van der Waals surface area contributed by atoms with Crippen molar-refractivity contribution < 1.29 is 18.7 Å². The smallest absolute Gasteiger partial charge is 0.256 e. The molecule has 0 unspecified atom stereocenters. The van der Waals surface area contributed by atoms with Gasteiger partial charge in [0.25, 0.3) is 5.91 Å². The SMILES string of the molecule is COc1cc(C(=O)Nc2cc(-c3[nH]c4c(c3Nc3ccccc3)C(=O)CNC4)ccn2)ccc1F. The van der Waals surface area contributed by atoms with Crippen molar-refractivity contribution in [1.82, 2.24) is 15.3 Å². The Bertz CT molecular complexity index is 1420. The predicted octanol–water partition coefficient (Wildman–Crippen LogP) is 4.51. The number of ether oxygens (including phenoxy) is 1. The monoisotopic (exact) mass is 471 g/mol. The summed E-state index contributed by atoms with van der Waals surface area (Å²) in [6.45, 7) is 0.790. The number of aromatic amines is 1. The second-order valence-corrected chi connectivity index (χ2v) is 7.98. The van der Waals surface area contributed by atoms with E-state index in [1.54, 1.807) is 18.3 Å². The van der Waals surface area contributed by atoms with Crippen LogP contribution in [0.15, 0.2) is 66.9 Å². The maximum atomic E-state index is 13.7. The highest BCUT2D eigenvalue weighted by Gasteiger charge is 2.27. The first kappa shape index (κ1) is 22.3. The molecular weight excluding hydrogens is 449 g/mol. The van der Waals surface area contributed by atoms with Crippen LogP contribution in [-0.2, 0) is 6.54 Å². The van der Waals surface area contributed by atoms with Gasteiger partial charge in [-0.05, 0) is 42.5 Å². The van der Waals surface area contributed by atoms with E-state index in [1.807, 2.05) is 30.3 Å². The van der Waals surface area contributed by atoms with Gasteiger partial charge in [-0.15, -0.1) is 0 Å². The van der Waals surface area contributed by atoms with Crippen LogP contribution in [0.3, 0.4) is 0 Å². The summed E-state index contributed by atoms with van der Waals surface area (Å²) in [7, 11) is 1.34. The molecule has 9 heteroatoms. The number of carbonyl (C=O) groups excluding carboxylic acids is 2. The van der Waals surface area contributed by atoms with Crippen LogP contribution in [0.1, 0.15) is 26.4 Å². The number of carbonyl (C=O) groups is 2. The van der Waals surface area contributed by atoms with Gasteiger partial charge in [0.1, 0.15) is 5.82 Å². The van der Waals surface area contributed by atoms with Gasteiger partial charge < -0.3 is 25.7 Å². The largest absolute Gasteiger partial charge is 0.494 e. The molecule has 0 aliphatic carbocycles. The number of para-hydroxylation sites is 1. The van der Waals surface area contributed by atoms with Crippen LogP contribution >= 0.6 is 0 Å². The van der Waals surface area contributed by atoms with Crippen LogP contribution in [0, 0.1) is 5.82 Å². The van der Waals surface area contributed by atoms with E-state index in [0.29, 0.717) is 29.3 Å². The number of halogens is 1. The van der Waals surface area contributed by atoms with Crippen molar-refractivity contribution in [3.63, 3.8) is 0 Å². The average molecular weight is 471 g/mol. The second kappa shape index (κ2) is 9.40. The van der Waals surface area contributed by atoms with Gasteiger partial charge in [0.15, 0.2) is 17.3 Å². The first-order chi connectivity index (χ1) is 17.0. The first-order valence-corrected chi connectivity index (χ1v) is 11.0. The lowest BCUT2D eigenvalue weighted by Crippen LogP contribution is -2.29. The zero-order chi connectivity index (χ0) is 24.4. The number of nitrogens with one attached hydrogen (secondary N) is 4. The molecule has 8 nitrogen and oxygen atoms in total. The minimum Gasteiger partial charge on any atom is -0.494 e. The van der Waals surface area contributed by atoms with Crippen molar-refractivity contribution >= 4 is 28.9 Å². The number of ketones is 1. The van der Waals surface area contributed by atoms with Crippen molar-refractivity contribution in [2.75, 3.05) is 24.3 Å². The van der Waals surface area contributed by atoms with Crippen molar-refractivity contribution in [2.45, 2.75) is 6.54 Å². The first-order valence-electron chi connectivity index (χ1n) is 11.0. The lowest BCUT2D eigenvalue weighted by atomic mass is 10.0. The summed E-state index contributed by atoms with van der Waals surface area (Å²) in [5.41, 5.74) is 4.58. The minimum absolute atomic E-state index is 0.0139. The van der Waals surface area contributed by atoms with Gasteiger partial charge in [-0.3, -0.25) is 9.59 Å². The van der Waals surface area contributed by atoms with E-state index >= 15 is 0 Å². The van der Waals surface area contributed by atoms with Crippen LogP contribution in [0.25, 0.3) is 11.3 Å². The molecule has 0 radical (unpaired) electrons. The number of pyridine rings is 1. The number of amides is 1. The number of hydrogen-bond donors (Lipinski definition) is 4. The van der Waals surface area contributed by atoms with E-state index in [9.17, 15) is 14.0 Å². The normalized spacial score (nSPS) is 12.7. The van der Waals surface area contributed by atoms with E-state index < -0.39 is 11.7 Å². The molecule has 0 atom stereocenters. The van der Waals surface area contributed by atoms with Gasteiger partial charge in [0, 0.05) is 35.2 Å². The third-order valence-electron chi connectivity index (χ3n) is 5.69. The van der Waals surface area contributed by atoms with Crippen LogP contribution in [-0.4, -0.2) is 35.3 Å². The molecule has 1 amide bonds. The molecule has 1 aliphatic rings. The molecule has 0 saturated carbocycles. The maximum absolute atomic E-state index is 13.7. The Morgan fingerprint density at radius 1 is 1.09 bits per heavy atom. The van der Waals surface area contributed by atoms with Gasteiger partial charge in [0.2, 0.25) is 0 Å². The Balaban J connectivity index is 1.49. The van der Waals surface area contributed by atoms with Crippen LogP contribution in [0.2, 0.25) is 0 Å². The van der Waals surface area contributed by atoms with Crippen LogP contribution in [0.4, 0.5) is 21.6 Å². The van der Waals surface area contributed by atoms with Gasteiger partial charge in [0.05, 0.1) is 30.6 Å². The fraction of sp³-hybridized carbons (Fsp3) is 0.115.